The van der Waals surface area contributed by atoms with Crippen molar-refractivity contribution in [3.8, 4) is 11.8 Å². The van der Waals surface area contributed by atoms with E-state index in [-0.39, 0.29) is 18.7 Å². The van der Waals surface area contributed by atoms with E-state index in [0.717, 1.165) is 44.5 Å². The number of nitrogens with one attached hydrogen (secondary N) is 2. The van der Waals surface area contributed by atoms with Crippen molar-refractivity contribution in [1.82, 2.24) is 30.0 Å². The predicted molar refractivity (Wildman–Crippen MR) is 134 cm³/mol. The molecule has 1 aliphatic heterocycles. The van der Waals surface area contributed by atoms with E-state index in [2.05, 4.69) is 38.7 Å². The van der Waals surface area contributed by atoms with Crippen LogP contribution in [-0.4, -0.2) is 68.8 Å². The molecule has 3 aromatic heterocycles. The molecule has 5 N–H and O–H groups in total. The number of rotatable bonds is 11. The van der Waals surface area contributed by atoms with Crippen molar-refractivity contribution in [1.29, 1.82) is 0 Å². The van der Waals surface area contributed by atoms with E-state index < -0.39 is 6.09 Å². The molecule has 36 heavy (non-hydrogen) atoms. The van der Waals surface area contributed by atoms with Crippen molar-refractivity contribution in [2.75, 3.05) is 32.1 Å². The number of carbonyl (C=O) groups is 1. The second-order valence-electron chi connectivity index (χ2n) is 8.90. The number of anilines is 1. The maximum atomic E-state index is 11.3. The number of carbonyl (C=O) groups excluding carboxylic acids is 1. The van der Waals surface area contributed by atoms with Gasteiger partial charge in [-0.15, -0.1) is 0 Å². The Hall–Kier alpha value is -3.51. The molecule has 1 fully saturated rings. The molecule has 0 bridgehead atoms. The topological polar surface area (TPSA) is 162 Å². The lowest BCUT2D eigenvalue weighted by atomic mass is 9.91. The first-order valence-electron chi connectivity index (χ1n) is 12.3. The first-order chi connectivity index (χ1) is 17.5. The lowest BCUT2D eigenvalue weighted by Crippen LogP contribution is -2.26. The summed E-state index contributed by atoms with van der Waals surface area (Å²) in [5.41, 5.74) is 8.18. The van der Waals surface area contributed by atoms with Crippen LogP contribution in [0.1, 0.15) is 56.2 Å². The van der Waals surface area contributed by atoms with Gasteiger partial charge in [0.2, 0.25) is 0 Å². The number of nitrogens with zero attached hydrogens (tertiary/aromatic N) is 5. The highest BCUT2D eigenvalue weighted by Crippen LogP contribution is 2.30. The summed E-state index contributed by atoms with van der Waals surface area (Å²) in [4.78, 5) is 24.7. The zero-order chi connectivity index (χ0) is 25.5. The van der Waals surface area contributed by atoms with Crippen LogP contribution in [0, 0.1) is 0 Å². The Bertz CT molecular complexity index is 1170. The Balaban J connectivity index is 1.69. The summed E-state index contributed by atoms with van der Waals surface area (Å²) in [6, 6.07) is 1.86. The van der Waals surface area contributed by atoms with Crippen molar-refractivity contribution in [2.45, 2.75) is 57.5 Å². The first-order valence-corrected chi connectivity index (χ1v) is 12.3. The van der Waals surface area contributed by atoms with E-state index in [1.165, 1.54) is 5.56 Å². The van der Waals surface area contributed by atoms with Crippen LogP contribution in [0.3, 0.4) is 0 Å². The quantitative estimate of drug-likeness (QED) is 0.308. The highest BCUT2D eigenvalue weighted by molar-refractivity contribution is 5.86. The van der Waals surface area contributed by atoms with Crippen LogP contribution in [0.4, 0.5) is 10.6 Å². The average molecular weight is 499 g/mol. The van der Waals surface area contributed by atoms with Gasteiger partial charge >= 0.3 is 12.1 Å². The van der Waals surface area contributed by atoms with Gasteiger partial charge in [0, 0.05) is 18.8 Å². The molecule has 0 saturated carbocycles. The van der Waals surface area contributed by atoms with Crippen LogP contribution in [0.2, 0.25) is 0 Å². The number of primary amides is 1. The van der Waals surface area contributed by atoms with Crippen LogP contribution >= 0.6 is 0 Å². The summed E-state index contributed by atoms with van der Waals surface area (Å²) in [5.74, 6) is 1.59. The van der Waals surface area contributed by atoms with Gasteiger partial charge in [0.25, 0.3) is 0 Å². The smallest absolute Gasteiger partial charge is 0.412 e. The molecule has 1 amide bonds. The van der Waals surface area contributed by atoms with E-state index in [0.29, 0.717) is 41.5 Å². The van der Waals surface area contributed by atoms with Gasteiger partial charge in [0.1, 0.15) is 22.5 Å². The van der Waals surface area contributed by atoms with Crippen molar-refractivity contribution in [2.24, 2.45) is 5.73 Å². The SMILES string of the molecule is CCC[C@@H](CCO)Nc1nc(OC(N)=O)nc2cnn(Cc3ncc(C4CCNCC4)cc3OC)c12. The zero-order valence-corrected chi connectivity index (χ0v) is 20.7. The molecule has 3 aromatic rings. The number of piperidine rings is 1. The van der Waals surface area contributed by atoms with Gasteiger partial charge in [-0.3, -0.25) is 9.67 Å². The van der Waals surface area contributed by atoms with Crippen molar-refractivity contribution in [3.05, 3.63) is 29.7 Å². The summed E-state index contributed by atoms with van der Waals surface area (Å²) < 4.78 is 12.4. The average Bonchev–Trinajstić information content (AvgIpc) is 3.27. The summed E-state index contributed by atoms with van der Waals surface area (Å²) in [5, 5.41) is 20.8. The number of aromatic nitrogens is 5. The number of methoxy groups -OCH3 is 1. The van der Waals surface area contributed by atoms with Gasteiger partial charge in [-0.05, 0) is 56.3 Å². The lowest BCUT2D eigenvalue weighted by molar-refractivity contribution is 0.207. The summed E-state index contributed by atoms with van der Waals surface area (Å²) in [6.45, 7) is 4.42. The Morgan fingerprint density at radius 3 is 2.81 bits per heavy atom. The van der Waals surface area contributed by atoms with Crippen molar-refractivity contribution in [3.63, 3.8) is 0 Å². The minimum atomic E-state index is -1.00. The van der Waals surface area contributed by atoms with Crippen LogP contribution < -0.4 is 25.8 Å². The molecule has 0 unspecified atom stereocenters. The highest BCUT2D eigenvalue weighted by Gasteiger charge is 2.21. The number of pyridine rings is 1. The summed E-state index contributed by atoms with van der Waals surface area (Å²) in [6.07, 6.45) is 6.91. The van der Waals surface area contributed by atoms with Crippen LogP contribution in [-0.2, 0) is 6.54 Å². The van der Waals surface area contributed by atoms with E-state index in [4.69, 9.17) is 20.2 Å². The van der Waals surface area contributed by atoms with Gasteiger partial charge in [-0.1, -0.05) is 13.3 Å². The number of ether oxygens (including phenoxy) is 2. The third-order valence-electron chi connectivity index (χ3n) is 6.40. The van der Waals surface area contributed by atoms with Crippen LogP contribution in [0.5, 0.6) is 11.8 Å². The molecule has 0 aliphatic carbocycles. The van der Waals surface area contributed by atoms with E-state index in [1.54, 1.807) is 18.0 Å². The molecule has 1 atom stereocenters. The van der Waals surface area contributed by atoms with Crippen molar-refractivity contribution < 1.29 is 19.4 Å². The van der Waals surface area contributed by atoms with E-state index >= 15 is 0 Å². The summed E-state index contributed by atoms with van der Waals surface area (Å²) >= 11 is 0. The minimum absolute atomic E-state index is 0.0281. The Labute approximate surface area is 209 Å². The monoisotopic (exact) mass is 498 g/mol. The van der Waals surface area contributed by atoms with Crippen molar-refractivity contribution >= 4 is 22.9 Å². The predicted octanol–water partition coefficient (Wildman–Crippen LogP) is 2.17. The second-order valence-corrected chi connectivity index (χ2v) is 8.90. The molecule has 0 spiro atoms. The number of amides is 1. The fourth-order valence-electron chi connectivity index (χ4n) is 4.62. The largest absolute Gasteiger partial charge is 0.495 e. The number of fused-ring (bicyclic) bond motifs is 1. The minimum Gasteiger partial charge on any atom is -0.495 e. The van der Waals surface area contributed by atoms with Gasteiger partial charge in [-0.25, -0.2) is 4.79 Å². The van der Waals surface area contributed by atoms with Gasteiger partial charge in [-0.2, -0.15) is 15.1 Å². The van der Waals surface area contributed by atoms with E-state index in [1.807, 2.05) is 6.20 Å². The number of aliphatic hydroxyl groups is 1. The normalized spacial score (nSPS) is 15.1. The first kappa shape index (κ1) is 25.6. The maximum Gasteiger partial charge on any atom is 0.412 e. The van der Waals surface area contributed by atoms with Crippen LogP contribution in [0.15, 0.2) is 18.5 Å². The lowest BCUT2D eigenvalue weighted by Gasteiger charge is -2.23. The number of nitrogens with two attached hydrogens (primary N) is 1. The molecule has 1 aliphatic rings. The number of aliphatic hydroxyl groups excluding tert-OH is 1. The molecule has 1 saturated heterocycles. The molecular weight excluding hydrogens is 464 g/mol. The highest BCUT2D eigenvalue weighted by atomic mass is 16.6. The second kappa shape index (κ2) is 12.0. The Morgan fingerprint density at radius 1 is 1.31 bits per heavy atom. The number of hydrogen-bond donors (Lipinski definition) is 4. The van der Waals surface area contributed by atoms with Gasteiger partial charge in [0.05, 0.1) is 19.9 Å². The van der Waals surface area contributed by atoms with Gasteiger partial charge < -0.3 is 30.9 Å². The molecule has 12 nitrogen and oxygen atoms in total. The molecule has 0 radical (unpaired) electrons. The zero-order valence-electron chi connectivity index (χ0n) is 20.7. The third kappa shape index (κ3) is 6.00. The molecule has 0 aromatic carbocycles. The molecule has 12 heteroatoms. The van der Waals surface area contributed by atoms with Gasteiger partial charge in [0.15, 0.2) is 5.82 Å². The maximum absolute atomic E-state index is 11.3. The third-order valence-corrected chi connectivity index (χ3v) is 6.40. The van der Waals surface area contributed by atoms with E-state index in [9.17, 15) is 9.90 Å². The number of hydrogen-bond acceptors (Lipinski definition) is 10. The molecule has 194 valence electrons. The Morgan fingerprint density at radius 2 is 2.11 bits per heavy atom. The molecular formula is C24H34N8O4. The fourth-order valence-corrected chi connectivity index (χ4v) is 4.62. The Kier molecular flexibility index (Phi) is 8.49. The fraction of sp³-hybridized carbons (Fsp3) is 0.542. The standard InChI is InChI=1S/C24H34N8O4/c1-3-4-17(7-10-33)29-22-21-18(30-24(31-22)36-23(25)34)13-28-32(21)14-19-20(35-2)11-16(12-27-19)15-5-8-26-9-6-15/h11-13,15,17,26,33H,3-10,14H2,1-2H3,(H2,25,34)(H,29,30,31)/t17-/m0/s1. The molecule has 4 rings (SSSR count). The van der Waals surface area contributed by atoms with Crippen LogP contribution in [0.25, 0.3) is 11.0 Å². The summed E-state index contributed by atoms with van der Waals surface area (Å²) in [7, 11) is 1.64. The molecule has 4 heterocycles.